The molecule has 2 aromatic carbocycles. The second-order valence-corrected chi connectivity index (χ2v) is 10.1. The van der Waals surface area contributed by atoms with Gasteiger partial charge in [0.05, 0.1) is 27.1 Å². The molecular weight excluding hydrogens is 422 g/mol. The molecule has 0 fully saturated rings. The molecule has 34 heavy (non-hydrogen) atoms. The summed E-state index contributed by atoms with van der Waals surface area (Å²) in [6.07, 6.45) is 12.9. The third kappa shape index (κ3) is 12.8. The van der Waals surface area contributed by atoms with E-state index in [2.05, 4.69) is 57.4 Å². The first-order chi connectivity index (χ1) is 16.5. The fourth-order valence-electron chi connectivity index (χ4n) is 4.30. The summed E-state index contributed by atoms with van der Waals surface area (Å²) in [5.74, 6) is 0.570. The predicted octanol–water partition coefficient (Wildman–Crippen LogP) is 7.31. The molecule has 0 heterocycles. The molecular formula is C30H46NO3+. The second-order valence-electron chi connectivity index (χ2n) is 10.1. The van der Waals surface area contributed by atoms with Gasteiger partial charge in [-0.2, -0.15) is 0 Å². The van der Waals surface area contributed by atoms with Crippen LogP contribution >= 0.6 is 0 Å². The zero-order valence-electron chi connectivity index (χ0n) is 21.8. The standard InChI is InChI=1S/C30H46NO3/c1-4-5-6-7-8-9-10-12-17-27-20-15-21-29(24-27)33-26-34-30(32)22-16-23-31(2,3)25-28-18-13-11-14-19-28/h11,13-15,18-21,24H,4-10,12,16-17,22-23,25-26H2,1-3H3/q+1. The van der Waals surface area contributed by atoms with E-state index in [1.54, 1.807) is 0 Å². The van der Waals surface area contributed by atoms with Crippen molar-refractivity contribution in [2.24, 2.45) is 0 Å². The highest BCUT2D eigenvalue weighted by molar-refractivity contribution is 5.69. The number of rotatable bonds is 18. The maximum absolute atomic E-state index is 12.1. The van der Waals surface area contributed by atoms with E-state index in [1.165, 1.54) is 62.5 Å². The number of hydrogen-bond acceptors (Lipinski definition) is 3. The van der Waals surface area contributed by atoms with Gasteiger partial charge in [-0.15, -0.1) is 0 Å². The number of quaternary nitrogens is 1. The Morgan fingerprint density at radius 1 is 0.794 bits per heavy atom. The lowest BCUT2D eigenvalue weighted by atomic mass is 10.0. The SMILES string of the molecule is CCCCCCCCCCc1cccc(OCOC(=O)CCC[N+](C)(C)Cc2ccccc2)c1. The highest BCUT2D eigenvalue weighted by atomic mass is 16.7. The van der Waals surface area contributed by atoms with Crippen LogP contribution in [0.15, 0.2) is 54.6 Å². The third-order valence-electron chi connectivity index (χ3n) is 6.26. The van der Waals surface area contributed by atoms with Gasteiger partial charge in [-0.05, 0) is 30.5 Å². The van der Waals surface area contributed by atoms with E-state index in [1.807, 2.05) is 18.2 Å². The Labute approximate surface area is 207 Å². The van der Waals surface area contributed by atoms with Gasteiger partial charge >= 0.3 is 5.97 Å². The average Bonchev–Trinajstić information content (AvgIpc) is 2.81. The summed E-state index contributed by atoms with van der Waals surface area (Å²) >= 11 is 0. The minimum atomic E-state index is -0.199. The fourth-order valence-corrected chi connectivity index (χ4v) is 4.30. The summed E-state index contributed by atoms with van der Waals surface area (Å²) < 4.78 is 11.8. The maximum atomic E-state index is 12.1. The Bertz CT molecular complexity index is 804. The molecule has 4 nitrogen and oxygen atoms in total. The van der Waals surface area contributed by atoms with Crippen molar-refractivity contribution in [1.29, 1.82) is 0 Å². The first-order valence-corrected chi connectivity index (χ1v) is 13.2. The van der Waals surface area contributed by atoms with Crippen LogP contribution in [0.2, 0.25) is 0 Å². The van der Waals surface area contributed by atoms with E-state index in [0.29, 0.717) is 6.42 Å². The summed E-state index contributed by atoms with van der Waals surface area (Å²) in [6, 6.07) is 18.6. The fraction of sp³-hybridized carbons (Fsp3) is 0.567. The average molecular weight is 469 g/mol. The molecule has 0 radical (unpaired) electrons. The van der Waals surface area contributed by atoms with E-state index < -0.39 is 0 Å². The summed E-state index contributed by atoms with van der Waals surface area (Å²) in [4.78, 5) is 12.1. The number of carbonyl (C=O) groups is 1. The number of aryl methyl sites for hydroxylation is 1. The lowest BCUT2D eigenvalue weighted by Gasteiger charge is -2.29. The highest BCUT2D eigenvalue weighted by Crippen LogP contribution is 2.17. The molecule has 0 spiro atoms. The lowest BCUT2D eigenvalue weighted by molar-refractivity contribution is -0.903. The van der Waals surface area contributed by atoms with Crippen molar-refractivity contribution in [3.63, 3.8) is 0 Å². The Kier molecular flexibility index (Phi) is 13.4. The molecule has 2 aromatic rings. The molecule has 0 atom stereocenters. The zero-order valence-corrected chi connectivity index (χ0v) is 21.8. The van der Waals surface area contributed by atoms with Gasteiger partial charge in [0.25, 0.3) is 0 Å². The largest absolute Gasteiger partial charge is 0.457 e. The summed E-state index contributed by atoms with van der Waals surface area (Å²) in [7, 11) is 4.39. The van der Waals surface area contributed by atoms with Crippen LogP contribution in [-0.2, 0) is 22.5 Å². The minimum Gasteiger partial charge on any atom is -0.457 e. The molecule has 0 saturated carbocycles. The van der Waals surface area contributed by atoms with Gasteiger partial charge in [-0.1, -0.05) is 94.3 Å². The Balaban J connectivity index is 1.57. The molecule has 0 amide bonds. The number of unbranched alkanes of at least 4 members (excludes halogenated alkanes) is 7. The van der Waals surface area contributed by atoms with E-state index in [0.717, 1.165) is 36.2 Å². The summed E-state index contributed by atoms with van der Waals surface area (Å²) in [6.45, 7) is 4.11. The second kappa shape index (κ2) is 16.3. The van der Waals surface area contributed by atoms with Crippen LogP contribution in [0.5, 0.6) is 5.75 Å². The van der Waals surface area contributed by atoms with E-state index >= 15 is 0 Å². The van der Waals surface area contributed by atoms with Crippen LogP contribution < -0.4 is 4.74 Å². The van der Waals surface area contributed by atoms with E-state index in [-0.39, 0.29) is 12.8 Å². The molecule has 4 heteroatoms. The van der Waals surface area contributed by atoms with Crippen LogP contribution in [0.4, 0.5) is 0 Å². The molecule has 0 aliphatic rings. The zero-order chi connectivity index (χ0) is 24.5. The quantitative estimate of drug-likeness (QED) is 0.0996. The molecule has 0 saturated heterocycles. The number of esters is 1. The third-order valence-corrected chi connectivity index (χ3v) is 6.26. The summed E-state index contributed by atoms with van der Waals surface area (Å²) in [5, 5.41) is 0. The molecule has 0 aromatic heterocycles. The van der Waals surface area contributed by atoms with Crippen LogP contribution in [0, 0.1) is 0 Å². The number of ether oxygens (including phenoxy) is 2. The Morgan fingerprint density at radius 2 is 1.47 bits per heavy atom. The van der Waals surface area contributed by atoms with Crippen molar-refractivity contribution in [2.45, 2.75) is 84.1 Å². The molecule has 0 N–H and O–H groups in total. The van der Waals surface area contributed by atoms with Crippen molar-refractivity contribution in [2.75, 3.05) is 27.4 Å². The van der Waals surface area contributed by atoms with E-state index in [4.69, 9.17) is 9.47 Å². The molecule has 2 rings (SSSR count). The van der Waals surface area contributed by atoms with Crippen molar-refractivity contribution < 1.29 is 18.8 Å². The smallest absolute Gasteiger partial charge is 0.308 e. The van der Waals surface area contributed by atoms with Crippen molar-refractivity contribution in [1.82, 2.24) is 0 Å². The van der Waals surface area contributed by atoms with Gasteiger partial charge in [0.1, 0.15) is 12.3 Å². The number of nitrogens with zero attached hydrogens (tertiary/aromatic N) is 1. The van der Waals surface area contributed by atoms with Gasteiger partial charge in [0, 0.05) is 12.0 Å². The van der Waals surface area contributed by atoms with Gasteiger partial charge < -0.3 is 14.0 Å². The number of benzene rings is 2. The minimum absolute atomic E-state index is 0.0255. The topological polar surface area (TPSA) is 35.5 Å². The van der Waals surface area contributed by atoms with Crippen molar-refractivity contribution in [3.8, 4) is 5.75 Å². The molecule has 0 aliphatic heterocycles. The van der Waals surface area contributed by atoms with E-state index in [9.17, 15) is 4.79 Å². The summed E-state index contributed by atoms with van der Waals surface area (Å²) in [5.41, 5.74) is 2.60. The van der Waals surface area contributed by atoms with Crippen LogP contribution in [0.25, 0.3) is 0 Å². The normalized spacial score (nSPS) is 11.4. The lowest BCUT2D eigenvalue weighted by Crippen LogP contribution is -2.39. The van der Waals surface area contributed by atoms with Crippen LogP contribution in [0.3, 0.4) is 0 Å². The van der Waals surface area contributed by atoms with Gasteiger partial charge in [0.2, 0.25) is 6.79 Å². The van der Waals surface area contributed by atoms with Gasteiger partial charge in [0.15, 0.2) is 0 Å². The van der Waals surface area contributed by atoms with Gasteiger partial charge in [-0.25, -0.2) is 0 Å². The monoisotopic (exact) mass is 468 g/mol. The predicted molar refractivity (Wildman–Crippen MR) is 141 cm³/mol. The first kappa shape index (κ1) is 27.9. The highest BCUT2D eigenvalue weighted by Gasteiger charge is 2.16. The molecule has 0 unspecified atom stereocenters. The number of hydrogen-bond donors (Lipinski definition) is 0. The van der Waals surface area contributed by atoms with Gasteiger partial charge in [-0.3, -0.25) is 4.79 Å². The number of carbonyl (C=O) groups excluding carboxylic acids is 1. The van der Waals surface area contributed by atoms with Crippen LogP contribution in [0.1, 0.15) is 82.3 Å². The molecule has 0 aliphatic carbocycles. The van der Waals surface area contributed by atoms with Crippen LogP contribution in [-0.4, -0.2) is 37.9 Å². The van der Waals surface area contributed by atoms with Crippen molar-refractivity contribution in [3.05, 3.63) is 65.7 Å². The Hall–Kier alpha value is -2.33. The maximum Gasteiger partial charge on any atom is 0.308 e. The first-order valence-electron chi connectivity index (χ1n) is 13.2. The molecule has 0 bridgehead atoms. The Morgan fingerprint density at radius 3 is 2.21 bits per heavy atom. The molecule has 188 valence electrons. The van der Waals surface area contributed by atoms with Crippen molar-refractivity contribution >= 4 is 5.97 Å².